The minimum Gasteiger partial charge on any atom is -0.464 e. The fraction of sp³-hybridized carbons (Fsp3) is 0.320. The lowest BCUT2D eigenvalue weighted by Crippen LogP contribution is -2.38. The summed E-state index contributed by atoms with van der Waals surface area (Å²) in [6.07, 6.45) is 6.49. The maximum absolute atomic E-state index is 13.4. The molecule has 0 bridgehead atoms. The first kappa shape index (κ1) is 22.7. The Labute approximate surface area is 190 Å². The van der Waals surface area contributed by atoms with Crippen LogP contribution in [0.15, 0.2) is 76.1 Å². The molecule has 0 unspecified atom stereocenters. The number of carbonyl (C=O) groups excluding carboxylic acids is 1. The van der Waals surface area contributed by atoms with Gasteiger partial charge in [-0.2, -0.15) is 0 Å². The summed E-state index contributed by atoms with van der Waals surface area (Å²) in [6, 6.07) is 10.5. The van der Waals surface area contributed by atoms with Crippen LogP contribution in [-0.4, -0.2) is 35.5 Å². The zero-order valence-corrected chi connectivity index (χ0v) is 18.3. The van der Waals surface area contributed by atoms with E-state index in [2.05, 4.69) is 10.3 Å². The van der Waals surface area contributed by atoms with Crippen molar-refractivity contribution in [1.82, 2.24) is 4.98 Å². The second kappa shape index (κ2) is 10.4. The average molecular weight is 450 g/mol. The molecule has 0 spiro atoms. The number of carbonyl (C=O) groups is 1. The van der Waals surface area contributed by atoms with Crippen LogP contribution in [0, 0.1) is 5.92 Å². The van der Waals surface area contributed by atoms with Crippen molar-refractivity contribution in [3.8, 4) is 0 Å². The summed E-state index contributed by atoms with van der Waals surface area (Å²) in [4.78, 5) is 30.3. The van der Waals surface area contributed by atoms with Crippen molar-refractivity contribution in [1.29, 1.82) is 0 Å². The Balaban J connectivity index is 1.76. The maximum atomic E-state index is 13.4. The fourth-order valence-corrected chi connectivity index (χ4v) is 4.07. The number of hydrogen-bond donors (Lipinski definition) is 2. The van der Waals surface area contributed by atoms with Crippen molar-refractivity contribution in [3.63, 3.8) is 0 Å². The van der Waals surface area contributed by atoms with E-state index >= 15 is 0 Å². The first-order chi connectivity index (χ1) is 16.1. The molecular formula is C25H26N2O6. The van der Waals surface area contributed by atoms with Crippen LogP contribution >= 0.6 is 0 Å². The van der Waals surface area contributed by atoms with E-state index < -0.39 is 18.1 Å². The molecule has 0 radical (unpaired) electrons. The van der Waals surface area contributed by atoms with Crippen LogP contribution in [0.5, 0.6) is 0 Å². The molecule has 0 aliphatic carbocycles. The Kier molecular flexibility index (Phi) is 7.16. The smallest absolute Gasteiger partial charge is 0.290 e. The Morgan fingerprint density at radius 3 is 2.85 bits per heavy atom. The number of para-hydroxylation sites is 1. The van der Waals surface area contributed by atoms with Crippen molar-refractivity contribution in [2.75, 3.05) is 18.5 Å². The molecule has 1 amide bonds. The van der Waals surface area contributed by atoms with Crippen LogP contribution in [0.4, 0.5) is 5.69 Å². The molecule has 4 rings (SSSR count). The van der Waals surface area contributed by atoms with Gasteiger partial charge in [-0.3, -0.25) is 14.6 Å². The fourth-order valence-electron chi connectivity index (χ4n) is 4.07. The molecule has 8 nitrogen and oxygen atoms in total. The number of nitrogens with zero attached hydrogens (tertiary/aromatic N) is 1. The molecule has 3 heterocycles. The molecule has 0 saturated heterocycles. The molecule has 2 N–H and O–H groups in total. The van der Waals surface area contributed by atoms with Crippen molar-refractivity contribution < 1.29 is 23.8 Å². The van der Waals surface area contributed by atoms with Gasteiger partial charge >= 0.3 is 0 Å². The van der Waals surface area contributed by atoms with E-state index in [9.17, 15) is 14.7 Å². The number of aliphatic hydroxyl groups is 1. The van der Waals surface area contributed by atoms with Crippen LogP contribution in [-0.2, 0) is 14.3 Å². The van der Waals surface area contributed by atoms with Crippen LogP contribution in [0.3, 0.4) is 0 Å². The van der Waals surface area contributed by atoms with Crippen molar-refractivity contribution >= 4 is 22.6 Å². The van der Waals surface area contributed by atoms with Gasteiger partial charge < -0.3 is 24.3 Å². The monoisotopic (exact) mass is 450 g/mol. The first-order valence-corrected chi connectivity index (χ1v) is 10.9. The number of anilines is 1. The van der Waals surface area contributed by atoms with Crippen molar-refractivity contribution in [3.05, 3.63) is 82.7 Å². The van der Waals surface area contributed by atoms with Crippen LogP contribution in [0.1, 0.15) is 31.2 Å². The number of allylic oxidation sites excluding steroid dienone is 1. The number of rotatable bonds is 8. The van der Waals surface area contributed by atoms with E-state index in [-0.39, 0.29) is 23.7 Å². The van der Waals surface area contributed by atoms with Crippen molar-refractivity contribution in [2.24, 2.45) is 5.92 Å². The van der Waals surface area contributed by atoms with E-state index in [1.807, 2.05) is 6.92 Å². The Morgan fingerprint density at radius 1 is 1.24 bits per heavy atom. The molecule has 3 aromatic rings. The topological polar surface area (TPSA) is 111 Å². The molecule has 0 saturated carbocycles. The normalized spacial score (nSPS) is 20.2. The summed E-state index contributed by atoms with van der Waals surface area (Å²) in [5.74, 6) is -1.22. The summed E-state index contributed by atoms with van der Waals surface area (Å²) < 4.78 is 17.5. The van der Waals surface area contributed by atoms with Gasteiger partial charge in [0.15, 0.2) is 11.2 Å². The molecule has 1 aliphatic rings. The van der Waals surface area contributed by atoms with E-state index in [0.717, 1.165) is 0 Å². The second-order valence-corrected chi connectivity index (χ2v) is 7.74. The molecule has 0 fully saturated rings. The van der Waals surface area contributed by atoms with Crippen LogP contribution in [0.2, 0.25) is 0 Å². The van der Waals surface area contributed by atoms with Gasteiger partial charge in [0, 0.05) is 36.8 Å². The lowest BCUT2D eigenvalue weighted by Gasteiger charge is -2.36. The minimum atomic E-state index is -0.767. The van der Waals surface area contributed by atoms with Gasteiger partial charge in [-0.15, -0.1) is 0 Å². The highest BCUT2D eigenvalue weighted by molar-refractivity contribution is 6.02. The number of nitrogens with one attached hydrogen (secondary N) is 1. The largest absolute Gasteiger partial charge is 0.464 e. The third-order valence-corrected chi connectivity index (χ3v) is 5.62. The molecule has 33 heavy (non-hydrogen) atoms. The summed E-state index contributed by atoms with van der Waals surface area (Å²) >= 11 is 0. The van der Waals surface area contributed by atoms with Gasteiger partial charge in [0.05, 0.1) is 23.5 Å². The van der Waals surface area contributed by atoms with Crippen LogP contribution < -0.4 is 10.7 Å². The zero-order valence-electron chi connectivity index (χ0n) is 18.3. The number of hydrogen-bond acceptors (Lipinski definition) is 7. The van der Waals surface area contributed by atoms with Gasteiger partial charge in [-0.05, 0) is 50.1 Å². The van der Waals surface area contributed by atoms with Crippen LogP contribution in [0.25, 0.3) is 11.0 Å². The van der Waals surface area contributed by atoms with E-state index in [4.69, 9.17) is 13.9 Å². The Hall–Kier alpha value is -3.49. The molecule has 2 aromatic heterocycles. The number of aliphatic hydroxyl groups excluding tert-OH is 1. The van der Waals surface area contributed by atoms with E-state index in [0.29, 0.717) is 41.7 Å². The highest BCUT2D eigenvalue weighted by Gasteiger charge is 2.39. The number of ether oxygens (including phenoxy) is 2. The third kappa shape index (κ3) is 4.97. The molecule has 172 valence electrons. The second-order valence-electron chi connectivity index (χ2n) is 7.74. The predicted molar refractivity (Wildman–Crippen MR) is 122 cm³/mol. The highest BCUT2D eigenvalue weighted by atomic mass is 16.7. The lowest BCUT2D eigenvalue weighted by molar-refractivity contribution is -0.165. The quantitative estimate of drug-likeness (QED) is 0.540. The molecule has 1 aromatic carbocycles. The lowest BCUT2D eigenvalue weighted by atomic mass is 9.81. The van der Waals surface area contributed by atoms with E-state index in [1.54, 1.807) is 48.7 Å². The standard InChI is InChI=1S/C25H26N2O6/c1-2-31-25-17(9-6-12-28)19(20-15-32-21-10-4-3-8-18(21)23(20)29)13-22(33-25)24(30)27-16-7-5-11-26-14-16/h3-5,7-8,10-11,13-15,17,19,25,28H,2,6,9,12H2,1H3,(H,27,30)/t17-,19-,25+/m1/s1. The molecule has 3 atom stereocenters. The number of amides is 1. The molecule has 1 aliphatic heterocycles. The third-order valence-electron chi connectivity index (χ3n) is 5.62. The zero-order chi connectivity index (χ0) is 23.2. The SMILES string of the molecule is CCO[C@H]1OC(C(=O)Nc2cccnc2)=C[C@@H](c2coc3ccccc3c2=O)[C@H]1CCCO. The minimum absolute atomic E-state index is 0.00748. The highest BCUT2D eigenvalue weighted by Crippen LogP contribution is 2.39. The molecule has 8 heteroatoms. The first-order valence-electron chi connectivity index (χ1n) is 10.9. The Bertz CT molecular complexity index is 1190. The summed E-state index contributed by atoms with van der Waals surface area (Å²) in [5.41, 5.74) is 1.25. The van der Waals surface area contributed by atoms with Crippen molar-refractivity contribution in [2.45, 2.75) is 32.0 Å². The van der Waals surface area contributed by atoms with Gasteiger partial charge in [0.25, 0.3) is 5.91 Å². The maximum Gasteiger partial charge on any atom is 0.290 e. The van der Waals surface area contributed by atoms with E-state index in [1.165, 1.54) is 12.5 Å². The predicted octanol–water partition coefficient (Wildman–Crippen LogP) is 3.58. The Morgan fingerprint density at radius 2 is 2.09 bits per heavy atom. The van der Waals surface area contributed by atoms with Gasteiger partial charge in [0.2, 0.25) is 6.29 Å². The molecular weight excluding hydrogens is 424 g/mol. The van der Waals surface area contributed by atoms with Gasteiger partial charge in [-0.1, -0.05) is 12.1 Å². The summed E-state index contributed by atoms with van der Waals surface area (Å²) in [5, 5.41) is 12.6. The number of aromatic nitrogens is 1. The number of fused-ring (bicyclic) bond motifs is 1. The summed E-state index contributed by atoms with van der Waals surface area (Å²) in [6.45, 7) is 2.18. The number of pyridine rings is 1. The van der Waals surface area contributed by atoms with Gasteiger partial charge in [-0.25, -0.2) is 0 Å². The summed E-state index contributed by atoms with van der Waals surface area (Å²) in [7, 11) is 0. The van der Waals surface area contributed by atoms with Gasteiger partial charge in [0.1, 0.15) is 5.58 Å². The number of benzene rings is 1. The average Bonchev–Trinajstić information content (AvgIpc) is 2.84.